The van der Waals surface area contributed by atoms with Gasteiger partial charge in [0, 0.05) is 19.0 Å². The standard InChI is InChI=1S/C16H21N/c1-2-3-5-10-15(13-17-16-11-12-16)14-8-6-4-7-9-14/h4,6-9,15-17H,5,10-13H2,1H3. The summed E-state index contributed by atoms with van der Waals surface area (Å²) in [5.74, 6) is 6.76. The highest BCUT2D eigenvalue weighted by Gasteiger charge is 2.22. The van der Waals surface area contributed by atoms with Gasteiger partial charge in [-0.1, -0.05) is 30.3 Å². The third-order valence-corrected chi connectivity index (χ3v) is 3.30. The van der Waals surface area contributed by atoms with Crippen molar-refractivity contribution in [2.75, 3.05) is 6.54 Å². The number of hydrogen-bond acceptors (Lipinski definition) is 1. The Morgan fingerprint density at radius 1 is 1.29 bits per heavy atom. The fourth-order valence-electron chi connectivity index (χ4n) is 2.08. The Kier molecular flexibility index (Phi) is 4.64. The zero-order valence-electron chi connectivity index (χ0n) is 10.6. The van der Waals surface area contributed by atoms with Crippen molar-refractivity contribution in [3.05, 3.63) is 35.9 Å². The van der Waals surface area contributed by atoms with Crippen molar-refractivity contribution in [2.24, 2.45) is 0 Å². The predicted octanol–water partition coefficient (Wildman–Crippen LogP) is 3.33. The molecule has 17 heavy (non-hydrogen) atoms. The zero-order valence-corrected chi connectivity index (χ0v) is 10.6. The zero-order chi connectivity index (χ0) is 11.9. The van der Waals surface area contributed by atoms with Crippen molar-refractivity contribution in [2.45, 2.75) is 44.6 Å². The molecule has 1 nitrogen and oxygen atoms in total. The molecular weight excluding hydrogens is 206 g/mol. The molecule has 2 rings (SSSR count). The minimum absolute atomic E-state index is 0.609. The van der Waals surface area contributed by atoms with Crippen molar-refractivity contribution in [1.82, 2.24) is 5.32 Å². The SMILES string of the molecule is CC#CCCC(CNC1CC1)c1ccccc1. The van der Waals surface area contributed by atoms with E-state index in [9.17, 15) is 0 Å². The second-order valence-electron chi connectivity index (χ2n) is 4.76. The summed E-state index contributed by atoms with van der Waals surface area (Å²) in [6.07, 6.45) is 4.87. The Morgan fingerprint density at radius 3 is 2.71 bits per heavy atom. The molecule has 0 heterocycles. The fourth-order valence-corrected chi connectivity index (χ4v) is 2.08. The summed E-state index contributed by atoms with van der Waals surface area (Å²) in [5.41, 5.74) is 1.44. The van der Waals surface area contributed by atoms with Gasteiger partial charge in [0.25, 0.3) is 0 Å². The van der Waals surface area contributed by atoms with E-state index >= 15 is 0 Å². The molecular formula is C16H21N. The summed E-state index contributed by atoms with van der Waals surface area (Å²) >= 11 is 0. The number of hydrogen-bond donors (Lipinski definition) is 1. The summed E-state index contributed by atoms with van der Waals surface area (Å²) in [4.78, 5) is 0. The molecule has 0 bridgehead atoms. The summed E-state index contributed by atoms with van der Waals surface area (Å²) in [5, 5.41) is 3.63. The summed E-state index contributed by atoms with van der Waals surface area (Å²) in [7, 11) is 0. The largest absolute Gasteiger partial charge is 0.313 e. The molecule has 1 heteroatoms. The van der Waals surface area contributed by atoms with Crippen LogP contribution in [0.5, 0.6) is 0 Å². The van der Waals surface area contributed by atoms with E-state index in [-0.39, 0.29) is 0 Å². The van der Waals surface area contributed by atoms with E-state index in [1.54, 1.807) is 0 Å². The minimum atomic E-state index is 0.609. The van der Waals surface area contributed by atoms with Gasteiger partial charge in [-0.25, -0.2) is 0 Å². The van der Waals surface area contributed by atoms with Crippen LogP contribution in [0.1, 0.15) is 44.1 Å². The first-order chi connectivity index (χ1) is 8.40. The molecule has 0 aliphatic heterocycles. The molecule has 0 amide bonds. The molecule has 0 aromatic heterocycles. The van der Waals surface area contributed by atoms with E-state index < -0.39 is 0 Å². The van der Waals surface area contributed by atoms with Crippen LogP contribution in [0, 0.1) is 11.8 Å². The van der Waals surface area contributed by atoms with E-state index in [4.69, 9.17) is 0 Å². The van der Waals surface area contributed by atoms with Gasteiger partial charge in [-0.15, -0.1) is 11.8 Å². The molecule has 1 N–H and O–H groups in total. The Labute approximate surface area is 105 Å². The average Bonchev–Trinajstić information content (AvgIpc) is 3.19. The van der Waals surface area contributed by atoms with Gasteiger partial charge in [0.2, 0.25) is 0 Å². The molecule has 1 saturated carbocycles. The molecule has 1 atom stereocenters. The third kappa shape index (κ3) is 4.24. The lowest BCUT2D eigenvalue weighted by Crippen LogP contribution is -2.23. The van der Waals surface area contributed by atoms with Crippen molar-refractivity contribution < 1.29 is 0 Å². The van der Waals surface area contributed by atoms with Crippen LogP contribution in [0.3, 0.4) is 0 Å². The van der Waals surface area contributed by atoms with Crippen LogP contribution in [0.4, 0.5) is 0 Å². The molecule has 1 aliphatic rings. The molecule has 90 valence electrons. The molecule has 0 saturated heterocycles. The normalized spacial score (nSPS) is 16.1. The monoisotopic (exact) mass is 227 g/mol. The van der Waals surface area contributed by atoms with E-state index in [2.05, 4.69) is 47.5 Å². The maximum absolute atomic E-state index is 3.63. The molecule has 1 unspecified atom stereocenters. The lowest BCUT2D eigenvalue weighted by Gasteiger charge is -2.17. The smallest absolute Gasteiger partial charge is 0.00948 e. The molecule has 1 aromatic rings. The van der Waals surface area contributed by atoms with Gasteiger partial charge in [-0.3, -0.25) is 0 Å². The van der Waals surface area contributed by atoms with Crippen molar-refractivity contribution in [3.63, 3.8) is 0 Å². The molecule has 1 aromatic carbocycles. The first-order valence-corrected chi connectivity index (χ1v) is 6.58. The quantitative estimate of drug-likeness (QED) is 0.735. The van der Waals surface area contributed by atoms with Gasteiger partial charge in [-0.05, 0) is 37.7 Å². The third-order valence-electron chi connectivity index (χ3n) is 3.30. The predicted molar refractivity (Wildman–Crippen MR) is 72.9 cm³/mol. The van der Waals surface area contributed by atoms with Crippen LogP contribution >= 0.6 is 0 Å². The highest BCUT2D eigenvalue weighted by Crippen LogP contribution is 2.24. The van der Waals surface area contributed by atoms with E-state index in [1.807, 2.05) is 6.92 Å². The van der Waals surface area contributed by atoms with Crippen LogP contribution in [0.2, 0.25) is 0 Å². The van der Waals surface area contributed by atoms with Crippen LogP contribution in [-0.2, 0) is 0 Å². The number of benzene rings is 1. The average molecular weight is 227 g/mol. The molecule has 1 fully saturated rings. The lowest BCUT2D eigenvalue weighted by atomic mass is 9.94. The highest BCUT2D eigenvalue weighted by molar-refractivity contribution is 5.20. The number of nitrogens with one attached hydrogen (secondary N) is 1. The van der Waals surface area contributed by atoms with Crippen molar-refractivity contribution >= 4 is 0 Å². The highest BCUT2D eigenvalue weighted by atomic mass is 14.9. The summed E-state index contributed by atoms with van der Waals surface area (Å²) < 4.78 is 0. The van der Waals surface area contributed by atoms with Crippen LogP contribution in [0.25, 0.3) is 0 Å². The Morgan fingerprint density at radius 2 is 2.06 bits per heavy atom. The Hall–Kier alpha value is -1.26. The van der Waals surface area contributed by atoms with Gasteiger partial charge in [0.1, 0.15) is 0 Å². The fraction of sp³-hybridized carbons (Fsp3) is 0.500. The first-order valence-electron chi connectivity index (χ1n) is 6.58. The Bertz CT molecular complexity index is 381. The minimum Gasteiger partial charge on any atom is -0.313 e. The summed E-state index contributed by atoms with van der Waals surface area (Å²) in [6, 6.07) is 11.6. The van der Waals surface area contributed by atoms with Crippen LogP contribution < -0.4 is 5.32 Å². The number of rotatable bonds is 6. The lowest BCUT2D eigenvalue weighted by molar-refractivity contribution is 0.554. The molecule has 1 aliphatic carbocycles. The first kappa shape index (κ1) is 12.2. The van der Waals surface area contributed by atoms with Gasteiger partial charge >= 0.3 is 0 Å². The van der Waals surface area contributed by atoms with E-state index in [1.165, 1.54) is 18.4 Å². The van der Waals surface area contributed by atoms with Crippen molar-refractivity contribution in [3.8, 4) is 11.8 Å². The summed E-state index contributed by atoms with van der Waals surface area (Å²) in [6.45, 7) is 3.01. The second-order valence-corrected chi connectivity index (χ2v) is 4.76. The van der Waals surface area contributed by atoms with Crippen LogP contribution in [-0.4, -0.2) is 12.6 Å². The topological polar surface area (TPSA) is 12.0 Å². The second kappa shape index (κ2) is 6.47. The van der Waals surface area contributed by atoms with Gasteiger partial charge in [-0.2, -0.15) is 0 Å². The molecule has 0 radical (unpaired) electrons. The van der Waals surface area contributed by atoms with E-state index in [0.29, 0.717) is 5.92 Å². The van der Waals surface area contributed by atoms with E-state index in [0.717, 1.165) is 25.4 Å². The van der Waals surface area contributed by atoms with Gasteiger partial charge < -0.3 is 5.32 Å². The van der Waals surface area contributed by atoms with Gasteiger partial charge in [0.05, 0.1) is 0 Å². The van der Waals surface area contributed by atoms with Crippen molar-refractivity contribution in [1.29, 1.82) is 0 Å². The maximum Gasteiger partial charge on any atom is 0.00948 e. The van der Waals surface area contributed by atoms with Gasteiger partial charge in [0.15, 0.2) is 0 Å². The molecule has 0 spiro atoms. The van der Waals surface area contributed by atoms with Crippen LogP contribution in [0.15, 0.2) is 30.3 Å². The maximum atomic E-state index is 3.63. The Balaban J connectivity index is 1.91.